The summed E-state index contributed by atoms with van der Waals surface area (Å²) in [6, 6.07) is 104. The number of hydrogen-bond donors (Lipinski definition) is 0. The molecule has 0 bridgehead atoms. The van der Waals surface area contributed by atoms with Crippen LogP contribution >= 0.6 is 15.8 Å². The third-order valence-electron chi connectivity index (χ3n) is 15.7. The summed E-state index contributed by atoms with van der Waals surface area (Å²) in [6.45, 7) is 0. The molecule has 12 aromatic rings. The number of anilines is 12. The highest BCUT2D eigenvalue weighted by molar-refractivity contribution is 7.88. The quantitative estimate of drug-likeness (QED) is 0.126. The first-order valence-corrected chi connectivity index (χ1v) is 30.8. The van der Waals surface area contributed by atoms with Gasteiger partial charge in [0.05, 0.1) is 45.5 Å². The van der Waals surface area contributed by atoms with Gasteiger partial charge >= 0.3 is 0 Å². The van der Waals surface area contributed by atoms with E-state index in [0.29, 0.717) is 0 Å². The van der Waals surface area contributed by atoms with Gasteiger partial charge in [0.15, 0.2) is 46.0 Å². The lowest BCUT2D eigenvalue weighted by Crippen LogP contribution is -2.22. The molecule has 0 unspecified atom stereocenters. The molecule has 4 aliphatic heterocycles. The number of fused-ring (bicyclic) bond motifs is 8. The monoisotopic (exact) mass is 1110 g/mol. The summed E-state index contributed by atoms with van der Waals surface area (Å²) in [4.78, 5) is 9.28. The number of rotatable bonds is 10. The Morgan fingerprint density at radius 2 is 0.349 bits per heavy atom. The summed E-state index contributed by atoms with van der Waals surface area (Å²) in [5.41, 5.74) is 12.3. The van der Waals surface area contributed by atoms with E-state index in [0.717, 1.165) is 120 Å². The number of ether oxygens (including phenoxy) is 4. The highest BCUT2D eigenvalue weighted by atomic mass is 31.2. The number of hydrogen-bond acceptors (Lipinski definition) is 8. The summed E-state index contributed by atoms with van der Waals surface area (Å²) >= 11 is 0. The predicted molar refractivity (Wildman–Crippen MR) is 342 cm³/mol. The van der Waals surface area contributed by atoms with E-state index >= 15 is 0 Å². The van der Waals surface area contributed by atoms with Gasteiger partial charge in [0.25, 0.3) is 0 Å². The fraction of sp³-hybridized carbons (Fsp3) is 0.0137. The maximum Gasteiger partial charge on any atom is 0.151 e. The van der Waals surface area contributed by atoms with Gasteiger partial charge in [-0.25, -0.2) is 0 Å². The average molecular weight is 1110 g/mol. The first-order chi connectivity index (χ1) is 41.1. The van der Waals surface area contributed by atoms with E-state index < -0.39 is 15.8 Å². The van der Waals surface area contributed by atoms with Gasteiger partial charge in [-0.15, -0.1) is 0 Å². The summed E-state index contributed by atoms with van der Waals surface area (Å²) in [5, 5.41) is 5.16. The van der Waals surface area contributed by atoms with Crippen LogP contribution in [0.5, 0.6) is 46.0 Å². The van der Waals surface area contributed by atoms with Crippen LogP contribution in [0.4, 0.5) is 68.2 Å². The lowest BCUT2D eigenvalue weighted by atomic mass is 10.1. The Hall–Kier alpha value is -10.1. The van der Waals surface area contributed by atoms with Crippen molar-refractivity contribution in [3.05, 3.63) is 291 Å². The molecule has 0 N–H and O–H groups in total. The van der Waals surface area contributed by atoms with Crippen molar-refractivity contribution in [2.45, 2.75) is 0 Å². The molecule has 0 saturated heterocycles. The first-order valence-electron chi connectivity index (χ1n) is 27.7. The van der Waals surface area contributed by atoms with Crippen LogP contribution in [0.15, 0.2) is 291 Å². The zero-order valence-electron chi connectivity index (χ0n) is 44.7. The van der Waals surface area contributed by atoms with E-state index in [2.05, 4.69) is 214 Å². The molecule has 0 spiro atoms. The van der Waals surface area contributed by atoms with Gasteiger partial charge < -0.3 is 38.5 Å². The molecule has 0 radical (unpaired) electrons. The van der Waals surface area contributed by atoms with Gasteiger partial charge in [-0.1, -0.05) is 146 Å². The minimum atomic E-state index is -0.997. The Labute approximate surface area is 484 Å². The molecule has 0 aliphatic carbocycles. The Kier molecular flexibility index (Phi) is 12.0. The standard InChI is InChI=1S/C73H50N4O4P2/c1-9-25-66-58(17-1)74(59-18-2-10-26-67(59)78-66)50-33-41-54(42-34-50)82(55-43-35-51(36-44-55)75-60-19-3-11-27-68(60)79-69-28-12-4-20-61(69)75)49-83(56-45-37-52(38-46-56)76-62-21-5-13-29-70(62)80-71-30-14-6-22-63(71)76)57-47-39-53(40-48-57)77-64-23-7-15-31-72(64)81-73-32-16-8-24-65(73)77/h1-48H,49H2. The second-order valence-electron chi connectivity index (χ2n) is 20.6. The molecule has 396 valence electrons. The number of benzene rings is 12. The van der Waals surface area contributed by atoms with E-state index in [1.54, 1.807) is 0 Å². The maximum atomic E-state index is 6.45. The number of para-hydroxylation sites is 16. The SMILES string of the molecule is c1ccc2c(c1)Oc1ccccc1N2c1ccc(P(CP(c2ccc(N3c4ccccc4Oc4ccccc43)cc2)c2ccc(N3c4ccccc4Oc4ccccc43)cc2)c2ccc(N3c4ccccc4Oc4ccccc43)cc2)cc1. The minimum Gasteiger partial charge on any atom is -0.453 e. The second-order valence-corrected chi connectivity index (χ2v) is 25.5. The van der Waals surface area contributed by atoms with Crippen molar-refractivity contribution in [3.63, 3.8) is 0 Å². The van der Waals surface area contributed by atoms with Crippen molar-refractivity contribution >= 4 is 105 Å². The highest BCUT2D eigenvalue weighted by Gasteiger charge is 2.32. The van der Waals surface area contributed by atoms with E-state index in [9.17, 15) is 0 Å². The smallest absolute Gasteiger partial charge is 0.151 e. The molecular formula is C73H50N4O4P2. The van der Waals surface area contributed by atoms with Crippen LogP contribution in [0.1, 0.15) is 0 Å². The Balaban J connectivity index is 0.830. The van der Waals surface area contributed by atoms with Gasteiger partial charge in [0, 0.05) is 28.7 Å². The summed E-state index contributed by atoms with van der Waals surface area (Å²) in [7, 11) is -1.99. The van der Waals surface area contributed by atoms with Crippen LogP contribution in [0.3, 0.4) is 0 Å². The Morgan fingerprint density at radius 1 is 0.193 bits per heavy atom. The molecule has 83 heavy (non-hydrogen) atoms. The van der Waals surface area contributed by atoms with Crippen LogP contribution in [0.25, 0.3) is 0 Å². The van der Waals surface area contributed by atoms with E-state index in [1.165, 1.54) is 21.2 Å². The van der Waals surface area contributed by atoms with Crippen molar-refractivity contribution in [1.82, 2.24) is 0 Å². The zero-order valence-corrected chi connectivity index (χ0v) is 46.5. The summed E-state index contributed by atoms with van der Waals surface area (Å²) in [5.74, 6) is 7.52. The normalized spacial score (nSPS) is 13.1. The summed E-state index contributed by atoms with van der Waals surface area (Å²) in [6.07, 6.45) is 0. The zero-order chi connectivity index (χ0) is 54.8. The van der Waals surface area contributed by atoms with Gasteiger partial charge in [0.1, 0.15) is 0 Å². The topological polar surface area (TPSA) is 49.9 Å². The van der Waals surface area contributed by atoms with Crippen LogP contribution in [0, 0.1) is 0 Å². The lowest BCUT2D eigenvalue weighted by Gasteiger charge is -2.34. The second kappa shape index (κ2) is 20.5. The highest BCUT2D eigenvalue weighted by Crippen LogP contribution is 2.56. The molecule has 0 aromatic heterocycles. The molecule has 16 rings (SSSR count). The molecule has 4 heterocycles. The Morgan fingerprint density at radius 3 is 0.518 bits per heavy atom. The molecule has 0 saturated carbocycles. The molecular weight excluding hydrogens is 1060 g/mol. The van der Waals surface area contributed by atoms with Crippen molar-refractivity contribution in [2.24, 2.45) is 0 Å². The minimum absolute atomic E-state index is 0.829. The molecule has 0 fully saturated rings. The van der Waals surface area contributed by atoms with Crippen molar-refractivity contribution in [2.75, 3.05) is 25.5 Å². The summed E-state index contributed by atoms with van der Waals surface area (Å²) < 4.78 is 25.8. The first kappa shape index (κ1) is 48.8. The van der Waals surface area contributed by atoms with E-state index in [-0.39, 0.29) is 0 Å². The third-order valence-corrected chi connectivity index (χ3v) is 21.6. The Bertz CT molecular complexity index is 3680. The molecule has 10 heteroatoms. The van der Waals surface area contributed by atoms with Crippen molar-refractivity contribution in [3.8, 4) is 46.0 Å². The van der Waals surface area contributed by atoms with E-state index in [4.69, 9.17) is 18.9 Å². The van der Waals surface area contributed by atoms with E-state index in [1.807, 2.05) is 97.1 Å². The largest absolute Gasteiger partial charge is 0.453 e. The van der Waals surface area contributed by atoms with Crippen LogP contribution in [0.2, 0.25) is 0 Å². The molecule has 0 amide bonds. The molecule has 4 aliphatic rings. The van der Waals surface area contributed by atoms with Gasteiger partial charge in [-0.05, 0) is 183 Å². The van der Waals surface area contributed by atoms with Crippen LogP contribution < -0.4 is 59.8 Å². The maximum absolute atomic E-state index is 6.45. The van der Waals surface area contributed by atoms with Crippen molar-refractivity contribution < 1.29 is 18.9 Å². The van der Waals surface area contributed by atoms with Gasteiger partial charge in [0.2, 0.25) is 0 Å². The van der Waals surface area contributed by atoms with Crippen LogP contribution in [-0.4, -0.2) is 5.90 Å². The predicted octanol–water partition coefficient (Wildman–Crippen LogP) is 19.5. The van der Waals surface area contributed by atoms with Crippen molar-refractivity contribution in [1.29, 1.82) is 0 Å². The third kappa shape index (κ3) is 8.62. The average Bonchev–Trinajstić information content (AvgIpc) is 3.39. The number of nitrogens with zero attached hydrogens (tertiary/aromatic N) is 4. The molecule has 12 aromatic carbocycles. The van der Waals surface area contributed by atoms with Gasteiger partial charge in [-0.2, -0.15) is 0 Å². The fourth-order valence-electron chi connectivity index (χ4n) is 11.8. The fourth-order valence-corrected chi connectivity index (χ4v) is 18.2. The van der Waals surface area contributed by atoms with Gasteiger partial charge in [-0.3, -0.25) is 0 Å². The molecule has 8 nitrogen and oxygen atoms in total. The van der Waals surface area contributed by atoms with Crippen LogP contribution in [-0.2, 0) is 0 Å². The lowest BCUT2D eigenvalue weighted by molar-refractivity contribution is 0.477. The molecule has 0 atom stereocenters.